The zero-order valence-corrected chi connectivity index (χ0v) is 11.0. The Bertz CT molecular complexity index is 353. The molecule has 1 aromatic rings. The van der Waals surface area contributed by atoms with Crippen molar-refractivity contribution in [3.8, 4) is 5.75 Å². The summed E-state index contributed by atoms with van der Waals surface area (Å²) in [4.78, 5) is 2.40. The van der Waals surface area contributed by atoms with Crippen LogP contribution in [0.3, 0.4) is 0 Å². The highest BCUT2D eigenvalue weighted by Gasteiger charge is 2.18. The van der Waals surface area contributed by atoms with Gasteiger partial charge in [0.2, 0.25) is 0 Å². The van der Waals surface area contributed by atoms with E-state index >= 15 is 0 Å². The van der Waals surface area contributed by atoms with Crippen molar-refractivity contribution in [2.24, 2.45) is 0 Å². The molecule has 2 N–H and O–H groups in total. The molecule has 1 aliphatic heterocycles. The van der Waals surface area contributed by atoms with Crippen molar-refractivity contribution in [3.63, 3.8) is 0 Å². The molecule has 0 aromatic heterocycles. The average molecular weight is 250 g/mol. The van der Waals surface area contributed by atoms with E-state index in [0.717, 1.165) is 31.1 Å². The first-order valence-electron chi connectivity index (χ1n) is 6.51. The van der Waals surface area contributed by atoms with Crippen LogP contribution in [0.2, 0.25) is 0 Å². The molecule has 0 amide bonds. The van der Waals surface area contributed by atoms with E-state index in [4.69, 9.17) is 15.2 Å². The summed E-state index contributed by atoms with van der Waals surface area (Å²) in [7, 11) is 1.79. The first-order valence-corrected chi connectivity index (χ1v) is 6.51. The highest BCUT2D eigenvalue weighted by molar-refractivity contribution is 5.41. The van der Waals surface area contributed by atoms with Gasteiger partial charge in [-0.25, -0.2) is 0 Å². The first kappa shape index (κ1) is 13.2. The standard InChI is InChI=1S/C14H22N2O2/c1-17-14-3-2-8-16(11-14)9-10-18-13-6-4-12(15)5-7-13/h4-7,14H,2-3,8-11,15H2,1H3. The van der Waals surface area contributed by atoms with Gasteiger partial charge in [-0.1, -0.05) is 0 Å². The van der Waals surface area contributed by atoms with Gasteiger partial charge < -0.3 is 15.2 Å². The second-order valence-corrected chi connectivity index (χ2v) is 4.72. The maximum atomic E-state index is 5.69. The number of rotatable bonds is 5. The maximum Gasteiger partial charge on any atom is 0.119 e. The fraction of sp³-hybridized carbons (Fsp3) is 0.571. The van der Waals surface area contributed by atoms with Gasteiger partial charge in [0.05, 0.1) is 6.10 Å². The van der Waals surface area contributed by atoms with E-state index in [1.807, 2.05) is 24.3 Å². The third-order valence-corrected chi connectivity index (χ3v) is 3.35. The molecule has 1 saturated heterocycles. The Morgan fingerprint density at radius 3 is 2.83 bits per heavy atom. The van der Waals surface area contributed by atoms with Crippen LogP contribution in [0, 0.1) is 0 Å². The number of hydrogen-bond acceptors (Lipinski definition) is 4. The van der Waals surface area contributed by atoms with Crippen LogP contribution in [-0.2, 0) is 4.74 Å². The first-order chi connectivity index (χ1) is 8.78. The van der Waals surface area contributed by atoms with E-state index in [2.05, 4.69) is 4.90 Å². The molecule has 18 heavy (non-hydrogen) atoms. The smallest absolute Gasteiger partial charge is 0.119 e. The summed E-state index contributed by atoms with van der Waals surface area (Å²) in [6.45, 7) is 3.82. The number of nitrogens with zero attached hydrogens (tertiary/aromatic N) is 1. The molecule has 1 atom stereocenters. The lowest BCUT2D eigenvalue weighted by Gasteiger charge is -2.31. The number of likely N-dealkylation sites (tertiary alicyclic amines) is 1. The minimum absolute atomic E-state index is 0.385. The van der Waals surface area contributed by atoms with E-state index in [9.17, 15) is 0 Å². The molecular weight excluding hydrogens is 228 g/mol. The van der Waals surface area contributed by atoms with E-state index in [1.165, 1.54) is 12.8 Å². The number of benzene rings is 1. The topological polar surface area (TPSA) is 47.7 Å². The van der Waals surface area contributed by atoms with Crippen molar-refractivity contribution in [1.29, 1.82) is 0 Å². The van der Waals surface area contributed by atoms with Gasteiger partial charge in [-0.3, -0.25) is 4.90 Å². The third kappa shape index (κ3) is 3.89. The second-order valence-electron chi connectivity index (χ2n) is 4.72. The molecule has 1 aromatic carbocycles. The SMILES string of the molecule is COC1CCCN(CCOc2ccc(N)cc2)C1. The van der Waals surface area contributed by atoms with Crippen molar-refractivity contribution in [2.75, 3.05) is 39.1 Å². The monoisotopic (exact) mass is 250 g/mol. The number of methoxy groups -OCH3 is 1. The van der Waals surface area contributed by atoms with Gasteiger partial charge in [0.25, 0.3) is 0 Å². The highest BCUT2D eigenvalue weighted by atomic mass is 16.5. The quantitative estimate of drug-likeness (QED) is 0.809. The molecule has 1 unspecified atom stereocenters. The van der Waals surface area contributed by atoms with Crippen molar-refractivity contribution < 1.29 is 9.47 Å². The van der Waals surface area contributed by atoms with Crippen LogP contribution < -0.4 is 10.5 Å². The van der Waals surface area contributed by atoms with Gasteiger partial charge in [0.15, 0.2) is 0 Å². The molecule has 0 aliphatic carbocycles. The summed E-state index contributed by atoms with van der Waals surface area (Å²) >= 11 is 0. The predicted octanol–water partition coefficient (Wildman–Crippen LogP) is 1.76. The number of nitrogen functional groups attached to an aromatic ring is 1. The molecule has 2 rings (SSSR count). The highest BCUT2D eigenvalue weighted by Crippen LogP contribution is 2.14. The third-order valence-electron chi connectivity index (χ3n) is 3.35. The molecular formula is C14H22N2O2. The maximum absolute atomic E-state index is 5.69. The fourth-order valence-corrected chi connectivity index (χ4v) is 2.27. The lowest BCUT2D eigenvalue weighted by Crippen LogP contribution is -2.41. The molecule has 1 aliphatic rings. The zero-order valence-electron chi connectivity index (χ0n) is 11.0. The van der Waals surface area contributed by atoms with Crippen LogP contribution in [0.1, 0.15) is 12.8 Å². The normalized spacial score (nSPS) is 20.8. The zero-order chi connectivity index (χ0) is 12.8. The van der Waals surface area contributed by atoms with E-state index in [1.54, 1.807) is 7.11 Å². The lowest BCUT2D eigenvalue weighted by molar-refractivity contribution is 0.0272. The lowest BCUT2D eigenvalue weighted by atomic mass is 10.1. The second kappa shape index (κ2) is 6.61. The molecule has 1 fully saturated rings. The fourth-order valence-electron chi connectivity index (χ4n) is 2.27. The van der Waals surface area contributed by atoms with Crippen LogP contribution in [0.25, 0.3) is 0 Å². The van der Waals surface area contributed by atoms with Crippen LogP contribution >= 0.6 is 0 Å². The summed E-state index contributed by atoms with van der Waals surface area (Å²) in [5.41, 5.74) is 6.39. The summed E-state index contributed by atoms with van der Waals surface area (Å²) in [5.74, 6) is 0.879. The van der Waals surface area contributed by atoms with Crippen molar-refractivity contribution >= 4 is 5.69 Å². The summed E-state index contributed by atoms with van der Waals surface area (Å²) in [5, 5.41) is 0. The van der Waals surface area contributed by atoms with Crippen LogP contribution in [0.4, 0.5) is 5.69 Å². The van der Waals surface area contributed by atoms with Gasteiger partial charge >= 0.3 is 0 Å². The molecule has 4 heteroatoms. The Balaban J connectivity index is 1.70. The van der Waals surface area contributed by atoms with Gasteiger partial charge in [-0.15, -0.1) is 0 Å². The Labute approximate surface area is 109 Å². The molecule has 0 spiro atoms. The summed E-state index contributed by atoms with van der Waals surface area (Å²) in [6, 6.07) is 7.53. The van der Waals surface area contributed by atoms with Gasteiger partial charge in [-0.05, 0) is 43.7 Å². The van der Waals surface area contributed by atoms with Crippen LogP contribution in [0.15, 0.2) is 24.3 Å². The molecule has 0 saturated carbocycles. The molecule has 1 heterocycles. The number of piperidine rings is 1. The Morgan fingerprint density at radius 2 is 2.11 bits per heavy atom. The largest absolute Gasteiger partial charge is 0.492 e. The van der Waals surface area contributed by atoms with E-state index < -0.39 is 0 Å². The van der Waals surface area contributed by atoms with Crippen LogP contribution in [-0.4, -0.2) is 44.4 Å². The van der Waals surface area contributed by atoms with Crippen LogP contribution in [0.5, 0.6) is 5.75 Å². The Morgan fingerprint density at radius 1 is 1.33 bits per heavy atom. The number of ether oxygens (including phenoxy) is 2. The van der Waals surface area contributed by atoms with Gasteiger partial charge in [-0.2, -0.15) is 0 Å². The summed E-state index contributed by atoms with van der Waals surface area (Å²) < 4.78 is 11.1. The van der Waals surface area contributed by atoms with Gasteiger partial charge in [0, 0.05) is 25.9 Å². The Hall–Kier alpha value is -1.26. The molecule has 0 bridgehead atoms. The van der Waals surface area contributed by atoms with Gasteiger partial charge in [0.1, 0.15) is 12.4 Å². The summed E-state index contributed by atoms with van der Waals surface area (Å²) in [6.07, 6.45) is 2.77. The molecule has 0 radical (unpaired) electrons. The predicted molar refractivity (Wildman–Crippen MR) is 72.8 cm³/mol. The van der Waals surface area contributed by atoms with E-state index in [-0.39, 0.29) is 0 Å². The molecule has 100 valence electrons. The number of hydrogen-bond donors (Lipinski definition) is 1. The van der Waals surface area contributed by atoms with Crippen molar-refractivity contribution in [1.82, 2.24) is 4.90 Å². The van der Waals surface area contributed by atoms with Crippen molar-refractivity contribution in [2.45, 2.75) is 18.9 Å². The number of anilines is 1. The van der Waals surface area contributed by atoms with Crippen molar-refractivity contribution in [3.05, 3.63) is 24.3 Å². The van der Waals surface area contributed by atoms with E-state index in [0.29, 0.717) is 12.7 Å². The average Bonchev–Trinajstić information content (AvgIpc) is 2.41. The minimum atomic E-state index is 0.385. The number of nitrogens with two attached hydrogens (primary N) is 1. The minimum Gasteiger partial charge on any atom is -0.492 e. The Kier molecular flexibility index (Phi) is 4.84. The molecule has 4 nitrogen and oxygen atoms in total.